The van der Waals surface area contributed by atoms with Crippen molar-refractivity contribution in [3.05, 3.63) is 76.0 Å². The van der Waals surface area contributed by atoms with E-state index in [9.17, 15) is 19.1 Å². The highest BCUT2D eigenvalue weighted by Gasteiger charge is 2.16. The molecule has 0 unspecified atom stereocenters. The summed E-state index contributed by atoms with van der Waals surface area (Å²) in [6.45, 7) is 0. The summed E-state index contributed by atoms with van der Waals surface area (Å²) in [4.78, 5) is 0. The largest absolute Gasteiger partial charge is 0.507 e. The lowest BCUT2D eigenvalue weighted by atomic mass is 10.0. The zero-order valence-corrected chi connectivity index (χ0v) is 13.6. The standard InChI is InChI=1S/C16H10BrF2N3O2/c17-10-1-4-15(23)12(5-10)16(21-24)9-7-20-22(8-9)11-2-3-13(18)14(19)6-11/h1-8,23-24H/b21-16+. The molecule has 0 radical (unpaired) electrons. The van der Waals surface area contributed by atoms with E-state index in [1.807, 2.05) is 0 Å². The van der Waals surface area contributed by atoms with Gasteiger partial charge in [0.15, 0.2) is 11.6 Å². The number of hydrogen-bond acceptors (Lipinski definition) is 4. The van der Waals surface area contributed by atoms with Crippen molar-refractivity contribution in [2.75, 3.05) is 0 Å². The van der Waals surface area contributed by atoms with Gasteiger partial charge in [-0.05, 0) is 30.3 Å². The molecule has 0 fully saturated rings. The molecule has 3 aromatic rings. The molecule has 24 heavy (non-hydrogen) atoms. The quantitative estimate of drug-likeness (QED) is 0.403. The van der Waals surface area contributed by atoms with Crippen LogP contribution >= 0.6 is 15.9 Å². The Hall–Kier alpha value is -2.74. The van der Waals surface area contributed by atoms with Crippen molar-refractivity contribution in [2.24, 2.45) is 5.16 Å². The fraction of sp³-hybridized carbons (Fsp3) is 0. The molecule has 1 heterocycles. The molecule has 5 nitrogen and oxygen atoms in total. The Morgan fingerprint density at radius 3 is 2.62 bits per heavy atom. The van der Waals surface area contributed by atoms with Crippen LogP contribution in [-0.2, 0) is 0 Å². The third-order valence-electron chi connectivity index (χ3n) is 3.34. The first-order valence-corrected chi connectivity index (χ1v) is 7.50. The van der Waals surface area contributed by atoms with Gasteiger partial charge in [-0.1, -0.05) is 21.1 Å². The van der Waals surface area contributed by atoms with Crippen LogP contribution < -0.4 is 0 Å². The lowest BCUT2D eigenvalue weighted by Crippen LogP contribution is -2.03. The van der Waals surface area contributed by atoms with Gasteiger partial charge < -0.3 is 10.3 Å². The van der Waals surface area contributed by atoms with Crippen LogP contribution in [0.3, 0.4) is 0 Å². The molecule has 0 aliphatic heterocycles. The zero-order chi connectivity index (χ0) is 17.3. The van der Waals surface area contributed by atoms with Gasteiger partial charge in [0.25, 0.3) is 0 Å². The maximum absolute atomic E-state index is 13.3. The van der Waals surface area contributed by atoms with Crippen LogP contribution in [0.2, 0.25) is 0 Å². The first-order valence-electron chi connectivity index (χ1n) is 6.71. The normalized spacial score (nSPS) is 11.7. The highest BCUT2D eigenvalue weighted by Crippen LogP contribution is 2.25. The van der Waals surface area contributed by atoms with Gasteiger partial charge >= 0.3 is 0 Å². The molecular formula is C16H10BrF2N3O2. The summed E-state index contributed by atoms with van der Waals surface area (Å²) in [5.41, 5.74) is 1.06. The number of phenols is 1. The van der Waals surface area contributed by atoms with Crippen molar-refractivity contribution in [3.8, 4) is 11.4 Å². The van der Waals surface area contributed by atoms with E-state index in [2.05, 4.69) is 26.2 Å². The number of benzene rings is 2. The minimum atomic E-state index is -0.995. The van der Waals surface area contributed by atoms with Gasteiger partial charge in [-0.3, -0.25) is 0 Å². The first-order chi connectivity index (χ1) is 11.5. The van der Waals surface area contributed by atoms with Crippen molar-refractivity contribution in [1.82, 2.24) is 9.78 Å². The molecule has 0 amide bonds. The molecule has 8 heteroatoms. The molecule has 0 saturated carbocycles. The van der Waals surface area contributed by atoms with Gasteiger partial charge in [0.1, 0.15) is 11.5 Å². The molecule has 1 aromatic heterocycles. The molecule has 0 spiro atoms. The van der Waals surface area contributed by atoms with Crippen molar-refractivity contribution < 1.29 is 19.1 Å². The number of aromatic hydroxyl groups is 1. The Kier molecular flexibility index (Phi) is 4.30. The van der Waals surface area contributed by atoms with Crippen LogP contribution in [0.15, 0.2) is 58.4 Å². The third-order valence-corrected chi connectivity index (χ3v) is 3.83. The topological polar surface area (TPSA) is 70.6 Å². The predicted octanol–water partition coefficient (Wildman–Crippen LogP) is 3.85. The smallest absolute Gasteiger partial charge is 0.160 e. The van der Waals surface area contributed by atoms with Crippen LogP contribution in [0.4, 0.5) is 8.78 Å². The van der Waals surface area contributed by atoms with Crippen LogP contribution in [-0.4, -0.2) is 25.8 Å². The molecule has 122 valence electrons. The minimum absolute atomic E-state index is 0.0772. The lowest BCUT2D eigenvalue weighted by Gasteiger charge is -2.06. The summed E-state index contributed by atoms with van der Waals surface area (Å²) in [6.07, 6.45) is 2.86. The third kappa shape index (κ3) is 3.00. The van der Waals surface area contributed by atoms with Gasteiger partial charge in [0.2, 0.25) is 0 Å². The van der Waals surface area contributed by atoms with E-state index in [-0.39, 0.29) is 17.0 Å². The molecule has 0 aliphatic rings. The summed E-state index contributed by atoms with van der Waals surface area (Å²) >= 11 is 3.28. The minimum Gasteiger partial charge on any atom is -0.507 e. The average molecular weight is 394 g/mol. The summed E-state index contributed by atoms with van der Waals surface area (Å²) in [5.74, 6) is -2.03. The van der Waals surface area contributed by atoms with Gasteiger partial charge in [-0.25, -0.2) is 13.5 Å². The summed E-state index contributed by atoms with van der Waals surface area (Å²) in [7, 11) is 0. The van der Waals surface area contributed by atoms with E-state index in [1.165, 1.54) is 29.2 Å². The highest BCUT2D eigenvalue weighted by molar-refractivity contribution is 9.10. The average Bonchev–Trinajstić information content (AvgIpc) is 3.04. The number of nitrogens with zero attached hydrogens (tertiary/aromatic N) is 3. The van der Waals surface area contributed by atoms with Crippen molar-refractivity contribution in [2.45, 2.75) is 0 Å². The van der Waals surface area contributed by atoms with Crippen LogP contribution in [0, 0.1) is 11.6 Å². The maximum Gasteiger partial charge on any atom is 0.160 e. The summed E-state index contributed by atoms with van der Waals surface area (Å²) < 4.78 is 28.3. The Morgan fingerprint density at radius 2 is 1.92 bits per heavy atom. The van der Waals surface area contributed by atoms with E-state index >= 15 is 0 Å². The molecule has 2 N–H and O–H groups in total. The number of aromatic nitrogens is 2. The number of hydrogen-bond donors (Lipinski definition) is 2. The van der Waals surface area contributed by atoms with Crippen molar-refractivity contribution in [1.29, 1.82) is 0 Å². The number of oxime groups is 1. The molecule has 0 aliphatic carbocycles. The van der Waals surface area contributed by atoms with E-state index in [4.69, 9.17) is 0 Å². The Labute approximate surface area is 143 Å². The van der Waals surface area contributed by atoms with Crippen LogP contribution in [0.5, 0.6) is 5.75 Å². The second kappa shape index (κ2) is 6.40. The second-order valence-electron chi connectivity index (χ2n) is 4.88. The van der Waals surface area contributed by atoms with Crippen molar-refractivity contribution in [3.63, 3.8) is 0 Å². The maximum atomic E-state index is 13.3. The Bertz CT molecular complexity index is 941. The summed E-state index contributed by atoms with van der Waals surface area (Å²) in [6, 6.07) is 8.02. The lowest BCUT2D eigenvalue weighted by molar-refractivity contribution is 0.319. The molecule has 0 bridgehead atoms. The zero-order valence-electron chi connectivity index (χ0n) is 12.0. The fourth-order valence-electron chi connectivity index (χ4n) is 2.18. The Balaban J connectivity index is 2.02. The molecular weight excluding hydrogens is 384 g/mol. The predicted molar refractivity (Wildman–Crippen MR) is 86.7 cm³/mol. The van der Waals surface area contributed by atoms with Crippen LogP contribution in [0.25, 0.3) is 5.69 Å². The van der Waals surface area contributed by atoms with E-state index in [0.29, 0.717) is 15.7 Å². The van der Waals surface area contributed by atoms with Gasteiger partial charge in [-0.2, -0.15) is 5.10 Å². The van der Waals surface area contributed by atoms with Gasteiger partial charge in [0, 0.05) is 27.9 Å². The molecule has 3 rings (SSSR count). The second-order valence-corrected chi connectivity index (χ2v) is 5.80. The monoisotopic (exact) mass is 393 g/mol. The van der Waals surface area contributed by atoms with E-state index in [1.54, 1.807) is 12.1 Å². The molecule has 2 aromatic carbocycles. The Morgan fingerprint density at radius 1 is 1.12 bits per heavy atom. The molecule has 0 saturated heterocycles. The number of halogens is 3. The van der Waals surface area contributed by atoms with E-state index in [0.717, 1.165) is 12.1 Å². The van der Waals surface area contributed by atoms with Crippen LogP contribution in [0.1, 0.15) is 11.1 Å². The van der Waals surface area contributed by atoms with Gasteiger partial charge in [-0.15, -0.1) is 0 Å². The first kappa shape index (κ1) is 16.1. The number of phenolic OH excluding ortho intramolecular Hbond substituents is 1. The highest BCUT2D eigenvalue weighted by atomic mass is 79.9. The molecule has 0 atom stereocenters. The van der Waals surface area contributed by atoms with E-state index < -0.39 is 11.6 Å². The van der Waals surface area contributed by atoms with Crippen molar-refractivity contribution >= 4 is 21.6 Å². The SMILES string of the molecule is O/N=C(\c1cnn(-c2ccc(F)c(F)c2)c1)c1cc(Br)ccc1O. The number of rotatable bonds is 3. The van der Waals surface area contributed by atoms with Gasteiger partial charge in [0.05, 0.1) is 11.9 Å². The summed E-state index contributed by atoms with van der Waals surface area (Å²) in [5, 5.41) is 26.5. The fourth-order valence-corrected chi connectivity index (χ4v) is 2.54.